The Hall–Kier alpha value is -3.79. The number of nitrogens with zero attached hydrogens (tertiary/aromatic N) is 3. The van der Waals surface area contributed by atoms with Crippen molar-refractivity contribution in [2.45, 2.75) is 33.4 Å². The van der Waals surface area contributed by atoms with Gasteiger partial charge in [-0.3, -0.25) is 24.0 Å². The van der Waals surface area contributed by atoms with Crippen LogP contribution in [0.4, 0.5) is 4.39 Å². The van der Waals surface area contributed by atoms with Crippen molar-refractivity contribution in [3.05, 3.63) is 65.6 Å². The molecule has 9 nitrogen and oxygen atoms in total. The number of piperazine rings is 1. The number of amides is 3. The number of benzene rings is 2. The summed E-state index contributed by atoms with van der Waals surface area (Å²) >= 11 is 0. The number of halogens is 1. The van der Waals surface area contributed by atoms with Crippen LogP contribution in [-0.2, 0) is 16.1 Å². The molecule has 1 aromatic heterocycles. The van der Waals surface area contributed by atoms with E-state index in [1.807, 2.05) is 49.9 Å². The SMILES string of the molecule is CC(C)(C)C(NC(=O)c1nn(Cc2ccc(F)cc2)c2ccccc12)C(=O)NCCN1CCNC(=O)C1. The molecular formula is C27H33FN6O3. The lowest BCUT2D eigenvalue weighted by atomic mass is 9.86. The van der Waals surface area contributed by atoms with Crippen LogP contribution in [0.3, 0.4) is 0 Å². The molecule has 3 N–H and O–H groups in total. The molecule has 2 aromatic carbocycles. The summed E-state index contributed by atoms with van der Waals surface area (Å²) in [4.78, 5) is 40.1. The summed E-state index contributed by atoms with van der Waals surface area (Å²) in [5.74, 6) is -1.08. The van der Waals surface area contributed by atoms with E-state index in [0.29, 0.717) is 38.1 Å². The molecule has 1 saturated heterocycles. The van der Waals surface area contributed by atoms with Gasteiger partial charge in [-0.1, -0.05) is 51.1 Å². The molecule has 0 radical (unpaired) electrons. The molecule has 10 heteroatoms. The number of fused-ring (bicyclic) bond motifs is 1. The summed E-state index contributed by atoms with van der Waals surface area (Å²) in [6.45, 7) is 8.57. The van der Waals surface area contributed by atoms with Crippen molar-refractivity contribution in [1.29, 1.82) is 0 Å². The molecule has 0 aliphatic carbocycles. The second kappa shape index (κ2) is 11.1. The van der Waals surface area contributed by atoms with Crippen LogP contribution in [0.1, 0.15) is 36.8 Å². The number of carbonyl (C=O) groups is 3. The average molecular weight is 509 g/mol. The first kappa shape index (κ1) is 26.3. The lowest BCUT2D eigenvalue weighted by Crippen LogP contribution is -2.55. The summed E-state index contributed by atoms with van der Waals surface area (Å²) < 4.78 is 15.0. The fraction of sp³-hybridized carbons (Fsp3) is 0.407. The topological polar surface area (TPSA) is 108 Å². The number of hydrogen-bond donors (Lipinski definition) is 3. The smallest absolute Gasteiger partial charge is 0.273 e. The van der Waals surface area contributed by atoms with Crippen LogP contribution in [0, 0.1) is 11.2 Å². The molecule has 37 heavy (non-hydrogen) atoms. The molecule has 0 spiro atoms. The highest BCUT2D eigenvalue weighted by atomic mass is 19.1. The fourth-order valence-corrected chi connectivity index (χ4v) is 4.37. The highest BCUT2D eigenvalue weighted by Gasteiger charge is 2.34. The van der Waals surface area contributed by atoms with E-state index in [9.17, 15) is 18.8 Å². The largest absolute Gasteiger partial charge is 0.354 e. The molecule has 0 bridgehead atoms. The average Bonchev–Trinajstić information content (AvgIpc) is 3.21. The van der Waals surface area contributed by atoms with Gasteiger partial charge in [-0.05, 0) is 29.2 Å². The third-order valence-corrected chi connectivity index (χ3v) is 6.37. The van der Waals surface area contributed by atoms with Gasteiger partial charge in [0.05, 0.1) is 18.6 Å². The zero-order valence-corrected chi connectivity index (χ0v) is 21.4. The molecule has 1 unspecified atom stereocenters. The second-order valence-corrected chi connectivity index (χ2v) is 10.3. The summed E-state index contributed by atoms with van der Waals surface area (Å²) in [5.41, 5.74) is 1.27. The van der Waals surface area contributed by atoms with Crippen LogP contribution in [0.5, 0.6) is 0 Å². The predicted octanol–water partition coefficient (Wildman–Crippen LogP) is 1.92. The third kappa shape index (κ3) is 6.51. The monoisotopic (exact) mass is 508 g/mol. The third-order valence-electron chi connectivity index (χ3n) is 6.37. The lowest BCUT2D eigenvalue weighted by Gasteiger charge is -2.31. The van der Waals surface area contributed by atoms with Crippen LogP contribution < -0.4 is 16.0 Å². The number of hydrogen-bond acceptors (Lipinski definition) is 5. The Morgan fingerprint density at radius 1 is 1.14 bits per heavy atom. The van der Waals surface area contributed by atoms with E-state index in [0.717, 1.165) is 17.6 Å². The lowest BCUT2D eigenvalue weighted by molar-refractivity contribution is -0.125. The molecule has 2 heterocycles. The molecule has 1 aliphatic heterocycles. The van der Waals surface area contributed by atoms with E-state index in [1.54, 1.807) is 16.8 Å². The first-order valence-electron chi connectivity index (χ1n) is 12.4. The summed E-state index contributed by atoms with van der Waals surface area (Å²) in [6, 6.07) is 12.7. The second-order valence-electron chi connectivity index (χ2n) is 10.3. The van der Waals surface area contributed by atoms with Gasteiger partial charge in [0, 0.05) is 31.6 Å². The number of nitrogens with one attached hydrogen (secondary N) is 3. The fourth-order valence-electron chi connectivity index (χ4n) is 4.37. The van der Waals surface area contributed by atoms with Crippen molar-refractivity contribution in [2.24, 2.45) is 5.41 Å². The minimum atomic E-state index is -0.800. The van der Waals surface area contributed by atoms with Crippen molar-refractivity contribution in [3.8, 4) is 0 Å². The highest BCUT2D eigenvalue weighted by Crippen LogP contribution is 2.23. The van der Waals surface area contributed by atoms with Crippen molar-refractivity contribution in [2.75, 3.05) is 32.7 Å². The highest BCUT2D eigenvalue weighted by molar-refractivity contribution is 6.06. The maximum Gasteiger partial charge on any atom is 0.273 e. The van der Waals surface area contributed by atoms with Crippen LogP contribution in [0.2, 0.25) is 0 Å². The van der Waals surface area contributed by atoms with Crippen molar-refractivity contribution in [1.82, 2.24) is 30.6 Å². The Balaban J connectivity index is 1.48. The standard InChI is InChI=1S/C27H33FN6O3/c1-27(2,3)24(26(37)30-13-15-33-14-12-29-22(35)17-33)31-25(36)23-20-6-4-5-7-21(20)34(32-23)16-18-8-10-19(28)11-9-18/h4-11,24H,12-17H2,1-3H3,(H,29,35)(H,30,37)(H,31,36). The van der Waals surface area contributed by atoms with Gasteiger partial charge < -0.3 is 16.0 Å². The van der Waals surface area contributed by atoms with E-state index in [4.69, 9.17) is 0 Å². The van der Waals surface area contributed by atoms with E-state index in [-0.39, 0.29) is 23.3 Å². The zero-order valence-electron chi connectivity index (χ0n) is 21.4. The molecule has 1 fully saturated rings. The number of para-hydroxylation sites is 1. The Kier molecular flexibility index (Phi) is 7.87. The molecule has 3 amide bonds. The van der Waals surface area contributed by atoms with E-state index >= 15 is 0 Å². The first-order valence-corrected chi connectivity index (χ1v) is 12.4. The normalized spacial score (nSPS) is 15.3. The molecule has 0 saturated carbocycles. The van der Waals surface area contributed by atoms with Crippen LogP contribution >= 0.6 is 0 Å². The van der Waals surface area contributed by atoms with Gasteiger partial charge in [-0.15, -0.1) is 0 Å². The van der Waals surface area contributed by atoms with Crippen LogP contribution in [0.25, 0.3) is 10.9 Å². The van der Waals surface area contributed by atoms with Crippen molar-refractivity contribution < 1.29 is 18.8 Å². The molecular weight excluding hydrogens is 475 g/mol. The number of carbonyl (C=O) groups excluding carboxylic acids is 3. The van der Waals surface area contributed by atoms with Gasteiger partial charge >= 0.3 is 0 Å². The minimum absolute atomic E-state index is 0.0245. The summed E-state index contributed by atoms with van der Waals surface area (Å²) in [6.07, 6.45) is 0. The maximum atomic E-state index is 13.4. The molecule has 3 aromatic rings. The quantitative estimate of drug-likeness (QED) is 0.431. The summed E-state index contributed by atoms with van der Waals surface area (Å²) in [7, 11) is 0. The van der Waals surface area contributed by atoms with Gasteiger partial charge in [0.2, 0.25) is 11.8 Å². The summed E-state index contributed by atoms with van der Waals surface area (Å²) in [5, 5.41) is 13.8. The zero-order chi connectivity index (χ0) is 26.6. The molecule has 196 valence electrons. The molecule has 1 aliphatic rings. The van der Waals surface area contributed by atoms with Gasteiger partial charge in [0.25, 0.3) is 5.91 Å². The number of rotatable bonds is 8. The minimum Gasteiger partial charge on any atom is -0.354 e. The van der Waals surface area contributed by atoms with Gasteiger partial charge in [0.1, 0.15) is 11.9 Å². The van der Waals surface area contributed by atoms with Crippen molar-refractivity contribution >= 4 is 28.6 Å². The Morgan fingerprint density at radius 3 is 2.57 bits per heavy atom. The Morgan fingerprint density at radius 2 is 1.86 bits per heavy atom. The van der Waals surface area contributed by atoms with Gasteiger partial charge in [0.15, 0.2) is 5.69 Å². The van der Waals surface area contributed by atoms with Gasteiger partial charge in [-0.2, -0.15) is 5.10 Å². The van der Waals surface area contributed by atoms with Crippen LogP contribution in [-0.4, -0.2) is 71.2 Å². The Labute approximate surface area is 215 Å². The van der Waals surface area contributed by atoms with E-state index < -0.39 is 17.4 Å². The van der Waals surface area contributed by atoms with E-state index in [2.05, 4.69) is 21.0 Å². The maximum absolute atomic E-state index is 13.4. The Bertz CT molecular complexity index is 1280. The molecule has 4 rings (SSSR count). The van der Waals surface area contributed by atoms with E-state index in [1.165, 1.54) is 12.1 Å². The van der Waals surface area contributed by atoms with Crippen molar-refractivity contribution in [3.63, 3.8) is 0 Å². The van der Waals surface area contributed by atoms with Crippen LogP contribution in [0.15, 0.2) is 48.5 Å². The number of aromatic nitrogens is 2. The molecule has 1 atom stereocenters. The van der Waals surface area contributed by atoms with Gasteiger partial charge in [-0.25, -0.2) is 4.39 Å². The predicted molar refractivity (Wildman–Crippen MR) is 138 cm³/mol. The first-order chi connectivity index (χ1) is 17.6.